The van der Waals surface area contributed by atoms with Crippen LogP contribution in [-0.4, -0.2) is 120 Å². The van der Waals surface area contributed by atoms with Crippen molar-refractivity contribution >= 4 is 70.7 Å². The molecule has 2 aromatic heterocycles. The molecule has 0 spiro atoms. The first-order chi connectivity index (χ1) is 27.8. The van der Waals surface area contributed by atoms with Crippen LogP contribution in [0.15, 0.2) is 12.1 Å². The van der Waals surface area contributed by atoms with Crippen LogP contribution in [0.2, 0.25) is 5.02 Å². The van der Waals surface area contributed by atoms with Crippen molar-refractivity contribution in [1.29, 1.82) is 5.26 Å². The molecule has 13 nitrogen and oxygen atoms in total. The van der Waals surface area contributed by atoms with Gasteiger partial charge in [0.25, 0.3) is 0 Å². The van der Waals surface area contributed by atoms with Crippen LogP contribution in [0.1, 0.15) is 50.5 Å². The Morgan fingerprint density at radius 1 is 1.16 bits per heavy atom. The van der Waals surface area contributed by atoms with Gasteiger partial charge >= 0.3 is 6.01 Å². The average Bonchev–Trinajstić information content (AvgIpc) is 4.07. The quantitative estimate of drug-likeness (QED) is 0.235. The number of hydrogen-bond donors (Lipinski definition) is 1. The normalized spacial score (nSPS) is 28.4. The lowest BCUT2D eigenvalue weighted by atomic mass is 9.95. The summed E-state index contributed by atoms with van der Waals surface area (Å²) in [5, 5.41) is 10.3. The van der Waals surface area contributed by atoms with Crippen molar-refractivity contribution in [2.45, 2.75) is 74.8 Å². The van der Waals surface area contributed by atoms with Gasteiger partial charge in [0.2, 0.25) is 15.9 Å². The van der Waals surface area contributed by atoms with E-state index < -0.39 is 39.4 Å². The molecular weight excluding hydrogens is 817 g/mol. The molecule has 19 heteroatoms. The number of amides is 1. The van der Waals surface area contributed by atoms with Gasteiger partial charge in [-0.3, -0.25) is 9.69 Å². The summed E-state index contributed by atoms with van der Waals surface area (Å²) in [5.74, 6) is -1.19. The number of benzene rings is 2. The molecule has 5 aliphatic heterocycles. The van der Waals surface area contributed by atoms with Gasteiger partial charge in [-0.05, 0) is 56.2 Å². The lowest BCUT2D eigenvalue weighted by Gasteiger charge is -2.36. The number of nitriles is 1. The third kappa shape index (κ3) is 5.97. The van der Waals surface area contributed by atoms with E-state index in [2.05, 4.69) is 9.88 Å². The van der Waals surface area contributed by atoms with Crippen LogP contribution in [-0.2, 0) is 14.8 Å². The van der Waals surface area contributed by atoms with Crippen LogP contribution in [0.4, 0.5) is 24.0 Å². The molecule has 0 radical (unpaired) electrons. The van der Waals surface area contributed by atoms with E-state index in [1.54, 1.807) is 4.90 Å². The number of aromatic nitrogens is 2. The Balaban J connectivity index is 1.10. The van der Waals surface area contributed by atoms with Gasteiger partial charge in [0.05, 0.1) is 51.2 Å². The lowest BCUT2D eigenvalue weighted by Crippen LogP contribution is -2.46. The van der Waals surface area contributed by atoms with Crippen molar-refractivity contribution in [2.75, 3.05) is 62.8 Å². The summed E-state index contributed by atoms with van der Waals surface area (Å²) in [5.41, 5.74) is 5.37. The number of ether oxygens (including phenoxy) is 2. The van der Waals surface area contributed by atoms with E-state index in [0.717, 1.165) is 49.8 Å². The largest absolute Gasteiger partial charge is 0.491 e. The highest BCUT2D eigenvalue weighted by Crippen LogP contribution is 2.52. The molecule has 6 aliphatic rings. The van der Waals surface area contributed by atoms with Crippen LogP contribution in [0, 0.1) is 28.9 Å². The molecule has 1 amide bonds. The second-order valence-corrected chi connectivity index (χ2v) is 19.8. The Morgan fingerprint density at radius 3 is 2.72 bits per heavy atom. The van der Waals surface area contributed by atoms with Crippen molar-refractivity contribution in [3.05, 3.63) is 34.4 Å². The zero-order valence-electron chi connectivity index (χ0n) is 31.5. The molecule has 306 valence electrons. The fraction of sp³-hybridized carbons (Fsp3) is 0.538. The number of fused-ring (bicyclic) bond motifs is 4. The summed E-state index contributed by atoms with van der Waals surface area (Å²) in [4.78, 5) is 29.5. The van der Waals surface area contributed by atoms with Crippen LogP contribution >= 0.6 is 22.9 Å². The maximum atomic E-state index is 17.6. The van der Waals surface area contributed by atoms with E-state index in [1.807, 2.05) is 11.0 Å². The Bertz CT molecular complexity index is 2570. The van der Waals surface area contributed by atoms with Crippen LogP contribution in [0.3, 0.4) is 0 Å². The first kappa shape index (κ1) is 38.1. The highest BCUT2D eigenvalue weighted by atomic mass is 35.5. The monoisotopic (exact) mass is 856 g/mol. The van der Waals surface area contributed by atoms with Crippen molar-refractivity contribution in [2.24, 2.45) is 5.92 Å². The molecule has 5 fully saturated rings. The highest BCUT2D eigenvalue weighted by molar-refractivity contribution is 7.88. The van der Waals surface area contributed by atoms with Crippen molar-refractivity contribution in [3.8, 4) is 29.0 Å². The molecule has 4 saturated heterocycles. The number of rotatable bonds is 7. The molecule has 6 atom stereocenters. The standard InChI is InChI=1S/C39H40ClF3N8O5S2/c1-58(53,54)51-31(19-4-5-19)32(51)37(52)48-10-3-12-50-21(17-48)8-13-55-33-27-30(46-38(47-36(27)50)56-18-39-9-2-11-49(39)16-20(41)14-39)29(43)26(28(33)40)22-6-7-24(42)34-25(22)23(15-44)35(45)57-34/h6-7,19-21,31-32H,2-5,8-14,16-18,45H2,1H3/t20-,21?,31+,32-,39+,51?/m1/s1. The first-order valence-electron chi connectivity index (χ1n) is 19.6. The van der Waals surface area contributed by atoms with Crippen LogP contribution in [0.25, 0.3) is 32.1 Å². The number of carbonyl (C=O) groups excluding carboxylic acids is 1. The predicted octanol–water partition coefficient (Wildman–Crippen LogP) is 5.46. The Morgan fingerprint density at radius 2 is 1.97 bits per heavy atom. The summed E-state index contributed by atoms with van der Waals surface area (Å²) in [6, 6.07) is 2.97. The van der Waals surface area contributed by atoms with Crippen molar-refractivity contribution < 1.29 is 35.9 Å². The topological polar surface area (TPSA) is 158 Å². The zero-order chi connectivity index (χ0) is 40.4. The van der Waals surface area contributed by atoms with Crippen LogP contribution < -0.4 is 20.1 Å². The molecule has 58 heavy (non-hydrogen) atoms. The van der Waals surface area contributed by atoms with Gasteiger partial charge < -0.3 is 25.0 Å². The van der Waals surface area contributed by atoms with E-state index in [-0.39, 0.29) is 109 Å². The van der Waals surface area contributed by atoms with E-state index in [9.17, 15) is 22.9 Å². The smallest absolute Gasteiger partial charge is 0.319 e. The summed E-state index contributed by atoms with van der Waals surface area (Å²) in [6.07, 6.45) is 4.71. The van der Waals surface area contributed by atoms with Gasteiger partial charge in [-0.25, -0.2) is 21.6 Å². The predicted molar refractivity (Wildman–Crippen MR) is 212 cm³/mol. The van der Waals surface area contributed by atoms with Crippen molar-refractivity contribution in [3.63, 3.8) is 0 Å². The van der Waals surface area contributed by atoms with Gasteiger partial charge in [0, 0.05) is 50.0 Å². The molecule has 1 aliphatic carbocycles. The number of halogens is 4. The molecule has 0 bridgehead atoms. The number of carbonyl (C=O) groups is 1. The summed E-state index contributed by atoms with van der Waals surface area (Å²) in [6.45, 7) is 2.22. The minimum Gasteiger partial charge on any atom is -0.491 e. The number of sulfonamides is 1. The second-order valence-electron chi connectivity index (χ2n) is 16.5. The Kier molecular flexibility index (Phi) is 8.99. The number of nitrogens with two attached hydrogens (primary N) is 1. The molecular formula is C39H40ClF3N8O5S2. The summed E-state index contributed by atoms with van der Waals surface area (Å²) < 4.78 is 87.0. The van der Waals surface area contributed by atoms with E-state index in [0.29, 0.717) is 38.9 Å². The molecule has 2 unspecified atom stereocenters. The van der Waals surface area contributed by atoms with Gasteiger partial charge in [-0.1, -0.05) is 17.7 Å². The number of nitrogens with zero attached hydrogens (tertiary/aromatic N) is 7. The van der Waals surface area contributed by atoms with E-state index in [4.69, 9.17) is 31.8 Å². The number of hydrogen-bond acceptors (Lipinski definition) is 12. The minimum atomic E-state index is -3.58. The van der Waals surface area contributed by atoms with Gasteiger partial charge in [0.15, 0.2) is 11.6 Å². The van der Waals surface area contributed by atoms with Crippen LogP contribution in [0.5, 0.6) is 11.8 Å². The van der Waals surface area contributed by atoms with Gasteiger partial charge in [0.1, 0.15) is 47.0 Å². The first-order valence-corrected chi connectivity index (χ1v) is 22.7. The number of anilines is 2. The number of thiophene rings is 1. The summed E-state index contributed by atoms with van der Waals surface area (Å²) >= 11 is 8.03. The van der Waals surface area contributed by atoms with E-state index >= 15 is 8.78 Å². The molecule has 1 saturated carbocycles. The van der Waals surface area contributed by atoms with Crippen molar-refractivity contribution in [1.82, 2.24) is 24.1 Å². The molecule has 7 heterocycles. The minimum absolute atomic E-state index is 0.00929. The third-order valence-electron chi connectivity index (χ3n) is 12.9. The molecule has 2 N–H and O–H groups in total. The van der Waals surface area contributed by atoms with Gasteiger partial charge in [-0.15, -0.1) is 11.3 Å². The summed E-state index contributed by atoms with van der Waals surface area (Å²) in [7, 11) is -3.58. The highest BCUT2D eigenvalue weighted by Gasteiger charge is 2.64. The van der Waals surface area contributed by atoms with Gasteiger partial charge in [-0.2, -0.15) is 19.5 Å². The fourth-order valence-electron chi connectivity index (χ4n) is 10.1. The maximum Gasteiger partial charge on any atom is 0.319 e. The number of alkyl halides is 1. The maximum absolute atomic E-state index is 17.6. The Labute approximate surface area is 341 Å². The zero-order valence-corrected chi connectivity index (χ0v) is 33.9. The molecule has 4 aromatic rings. The SMILES string of the molecule is CS(=O)(=O)N1[C@@H](C(=O)N2CCCN3c4nc(OC[C@@]56CCCN5C[C@H](F)C6)nc5c(F)c(-c6ccc(F)c7sc(N)c(C#N)c67)c(Cl)c(c45)OCCC3C2)[C@@H]1C1CC1. The average molecular weight is 857 g/mol. The molecule has 10 rings (SSSR count). The molecule has 2 aromatic carbocycles. The third-order valence-corrected chi connectivity index (χ3v) is 15.5. The second kappa shape index (κ2) is 13.7. The number of nitrogen functional groups attached to an aromatic ring is 1. The Hall–Kier alpha value is -4.15. The van der Waals surface area contributed by atoms with E-state index in [1.165, 1.54) is 16.4 Å². The fourth-order valence-corrected chi connectivity index (χ4v) is 12.7. The lowest BCUT2D eigenvalue weighted by molar-refractivity contribution is -0.131.